The number of cyclic esters (lactones) is 1. The highest BCUT2D eigenvalue weighted by molar-refractivity contribution is 9.10. The largest absolute Gasteiger partial charge is 0.464 e. The molecule has 1 N–H and O–H groups in total. The first-order valence-corrected chi connectivity index (χ1v) is 6.68. The van der Waals surface area contributed by atoms with Crippen LogP contribution in [0.25, 0.3) is 0 Å². The fourth-order valence-corrected chi connectivity index (χ4v) is 2.30. The Labute approximate surface area is 110 Å². The summed E-state index contributed by atoms with van der Waals surface area (Å²) in [4.78, 5) is 11.4. The quantitative estimate of drug-likeness (QED) is 0.869. The number of rotatable bonds is 4. The highest BCUT2D eigenvalue weighted by atomic mass is 79.9. The zero-order valence-corrected chi connectivity index (χ0v) is 11.4. The van der Waals surface area contributed by atoms with Crippen molar-refractivity contribution in [3.05, 3.63) is 34.3 Å². The van der Waals surface area contributed by atoms with E-state index >= 15 is 0 Å². The molecule has 92 valence electrons. The first-order chi connectivity index (χ1) is 8.20. The fraction of sp³-hybridized carbons (Fsp3) is 0.462. The van der Waals surface area contributed by atoms with Crippen LogP contribution in [0.3, 0.4) is 0 Å². The van der Waals surface area contributed by atoms with Crippen molar-refractivity contribution < 1.29 is 9.53 Å². The molecule has 4 heteroatoms. The lowest BCUT2D eigenvalue weighted by atomic mass is 10.0. The van der Waals surface area contributed by atoms with E-state index in [4.69, 9.17) is 4.74 Å². The molecular formula is C13H16BrNO2. The smallest absolute Gasteiger partial charge is 0.323 e. The Morgan fingerprint density at radius 1 is 1.47 bits per heavy atom. The van der Waals surface area contributed by atoms with Gasteiger partial charge in [-0.25, -0.2) is 0 Å². The number of ether oxygens (including phenoxy) is 1. The molecule has 0 aliphatic carbocycles. The van der Waals surface area contributed by atoms with Gasteiger partial charge in [0.15, 0.2) is 0 Å². The van der Waals surface area contributed by atoms with Crippen LogP contribution in [0.1, 0.15) is 31.4 Å². The molecule has 0 bridgehead atoms. The van der Waals surface area contributed by atoms with Gasteiger partial charge in [-0.05, 0) is 24.1 Å². The van der Waals surface area contributed by atoms with E-state index in [-0.39, 0.29) is 18.1 Å². The lowest BCUT2D eigenvalue weighted by Crippen LogP contribution is -2.35. The van der Waals surface area contributed by atoms with Gasteiger partial charge in [-0.2, -0.15) is 0 Å². The number of esters is 1. The second-order valence-corrected chi connectivity index (χ2v) is 5.10. The number of carbonyl (C=O) groups is 1. The number of hydrogen-bond acceptors (Lipinski definition) is 3. The van der Waals surface area contributed by atoms with E-state index in [0.717, 1.165) is 17.3 Å². The van der Waals surface area contributed by atoms with Gasteiger partial charge >= 0.3 is 5.97 Å². The van der Waals surface area contributed by atoms with E-state index < -0.39 is 0 Å². The Bertz CT molecular complexity index is 391. The minimum absolute atomic E-state index is 0.124. The Kier molecular flexibility index (Phi) is 4.18. The molecule has 0 amide bonds. The highest BCUT2D eigenvalue weighted by Crippen LogP contribution is 2.21. The zero-order valence-electron chi connectivity index (χ0n) is 9.78. The summed E-state index contributed by atoms with van der Waals surface area (Å²) in [7, 11) is 0. The molecule has 1 aromatic rings. The van der Waals surface area contributed by atoms with Crippen molar-refractivity contribution >= 4 is 21.9 Å². The molecule has 1 heterocycles. The van der Waals surface area contributed by atoms with Crippen molar-refractivity contribution in [2.45, 2.75) is 31.8 Å². The minimum atomic E-state index is -0.149. The summed E-state index contributed by atoms with van der Waals surface area (Å²) in [5, 5.41) is 3.36. The van der Waals surface area contributed by atoms with Gasteiger partial charge in [-0.1, -0.05) is 35.0 Å². The molecule has 1 aliphatic heterocycles. The van der Waals surface area contributed by atoms with Crippen LogP contribution in [0.15, 0.2) is 28.7 Å². The molecule has 1 saturated heterocycles. The Balaban J connectivity index is 2.05. The molecule has 2 unspecified atom stereocenters. The summed E-state index contributed by atoms with van der Waals surface area (Å²) < 4.78 is 6.02. The van der Waals surface area contributed by atoms with Crippen LogP contribution in [0.4, 0.5) is 0 Å². The summed E-state index contributed by atoms with van der Waals surface area (Å²) in [6.07, 6.45) is 1.72. The standard InChI is InChI=1S/C13H16BrNO2/c1-2-11(9-3-5-10(14)6-4-9)15-12-7-8-17-13(12)16/h3-6,11-12,15H,2,7-8H2,1H3. The van der Waals surface area contributed by atoms with E-state index in [1.165, 1.54) is 5.56 Å². The number of carbonyl (C=O) groups excluding carboxylic acids is 1. The average molecular weight is 298 g/mol. The van der Waals surface area contributed by atoms with Gasteiger partial charge < -0.3 is 4.74 Å². The molecule has 2 atom stereocenters. The van der Waals surface area contributed by atoms with Crippen LogP contribution in [0.2, 0.25) is 0 Å². The summed E-state index contributed by atoms with van der Waals surface area (Å²) >= 11 is 3.42. The maximum absolute atomic E-state index is 11.4. The van der Waals surface area contributed by atoms with Crippen molar-refractivity contribution in [1.82, 2.24) is 5.32 Å². The maximum Gasteiger partial charge on any atom is 0.323 e. The van der Waals surface area contributed by atoms with Crippen LogP contribution >= 0.6 is 15.9 Å². The molecule has 0 spiro atoms. The fourth-order valence-electron chi connectivity index (χ4n) is 2.03. The molecule has 0 saturated carbocycles. The molecule has 2 rings (SSSR count). The van der Waals surface area contributed by atoms with Crippen molar-refractivity contribution in [2.75, 3.05) is 6.61 Å². The number of benzene rings is 1. The van der Waals surface area contributed by atoms with Crippen molar-refractivity contribution in [3.63, 3.8) is 0 Å². The molecule has 1 aromatic carbocycles. The number of nitrogens with one attached hydrogen (secondary N) is 1. The van der Waals surface area contributed by atoms with Crippen molar-refractivity contribution in [3.8, 4) is 0 Å². The summed E-state index contributed by atoms with van der Waals surface area (Å²) in [5.74, 6) is -0.124. The molecule has 17 heavy (non-hydrogen) atoms. The Morgan fingerprint density at radius 3 is 2.71 bits per heavy atom. The predicted molar refractivity (Wildman–Crippen MR) is 69.7 cm³/mol. The third kappa shape index (κ3) is 3.07. The van der Waals surface area contributed by atoms with Gasteiger partial charge in [0.2, 0.25) is 0 Å². The number of hydrogen-bond donors (Lipinski definition) is 1. The third-order valence-electron chi connectivity index (χ3n) is 3.02. The van der Waals surface area contributed by atoms with Crippen LogP contribution < -0.4 is 5.32 Å². The Morgan fingerprint density at radius 2 is 2.18 bits per heavy atom. The van der Waals surface area contributed by atoms with Crippen LogP contribution in [-0.4, -0.2) is 18.6 Å². The lowest BCUT2D eigenvalue weighted by molar-refractivity contribution is -0.139. The van der Waals surface area contributed by atoms with Gasteiger partial charge in [0.05, 0.1) is 6.61 Å². The molecule has 0 aromatic heterocycles. The minimum Gasteiger partial charge on any atom is -0.464 e. The SMILES string of the molecule is CCC(NC1CCOC1=O)c1ccc(Br)cc1. The predicted octanol–water partition coefficient (Wildman–Crippen LogP) is 2.81. The van der Waals surface area contributed by atoms with E-state index in [2.05, 4.69) is 40.3 Å². The monoisotopic (exact) mass is 297 g/mol. The summed E-state index contributed by atoms with van der Waals surface area (Å²) in [6.45, 7) is 2.65. The summed E-state index contributed by atoms with van der Waals surface area (Å²) in [6, 6.07) is 8.25. The maximum atomic E-state index is 11.4. The first kappa shape index (κ1) is 12.6. The van der Waals surface area contributed by atoms with Gasteiger partial charge in [0.25, 0.3) is 0 Å². The normalized spacial score (nSPS) is 21.3. The van der Waals surface area contributed by atoms with Gasteiger partial charge in [-0.3, -0.25) is 10.1 Å². The van der Waals surface area contributed by atoms with E-state index in [1.54, 1.807) is 0 Å². The highest BCUT2D eigenvalue weighted by Gasteiger charge is 2.28. The molecule has 0 radical (unpaired) electrons. The second kappa shape index (κ2) is 5.65. The first-order valence-electron chi connectivity index (χ1n) is 5.89. The second-order valence-electron chi connectivity index (χ2n) is 4.19. The molecule has 3 nitrogen and oxygen atoms in total. The summed E-state index contributed by atoms with van der Waals surface area (Å²) in [5.41, 5.74) is 1.20. The molecular weight excluding hydrogens is 282 g/mol. The molecule has 1 fully saturated rings. The van der Waals surface area contributed by atoms with E-state index in [1.807, 2.05) is 12.1 Å². The third-order valence-corrected chi connectivity index (χ3v) is 3.55. The number of halogens is 1. The van der Waals surface area contributed by atoms with Crippen molar-refractivity contribution in [2.24, 2.45) is 0 Å². The Hall–Kier alpha value is -0.870. The van der Waals surface area contributed by atoms with Gasteiger partial charge in [0.1, 0.15) is 6.04 Å². The molecule has 1 aliphatic rings. The topological polar surface area (TPSA) is 38.3 Å². The van der Waals surface area contributed by atoms with Crippen molar-refractivity contribution in [1.29, 1.82) is 0 Å². The zero-order chi connectivity index (χ0) is 12.3. The van der Waals surface area contributed by atoms with Gasteiger partial charge in [0, 0.05) is 16.9 Å². The van der Waals surface area contributed by atoms with Crippen LogP contribution in [0.5, 0.6) is 0 Å². The van der Waals surface area contributed by atoms with Gasteiger partial charge in [-0.15, -0.1) is 0 Å². The van der Waals surface area contributed by atoms with E-state index in [9.17, 15) is 4.79 Å². The average Bonchev–Trinajstić information content (AvgIpc) is 2.73. The lowest BCUT2D eigenvalue weighted by Gasteiger charge is -2.20. The van der Waals surface area contributed by atoms with Crippen LogP contribution in [0, 0.1) is 0 Å². The van der Waals surface area contributed by atoms with Crippen LogP contribution in [-0.2, 0) is 9.53 Å². The van der Waals surface area contributed by atoms with E-state index in [0.29, 0.717) is 6.61 Å².